The highest BCUT2D eigenvalue weighted by Gasteiger charge is 2.22. The van der Waals surface area contributed by atoms with Crippen molar-refractivity contribution in [3.05, 3.63) is 30.3 Å². The van der Waals surface area contributed by atoms with Gasteiger partial charge in [-0.3, -0.25) is 4.79 Å². The van der Waals surface area contributed by atoms with Crippen LogP contribution in [-0.2, 0) is 14.8 Å². The number of hydrogen-bond acceptors (Lipinski definition) is 4. The smallest absolute Gasteiger partial charge is 0.228 e. The van der Waals surface area contributed by atoms with Gasteiger partial charge in [0.1, 0.15) is 0 Å². The van der Waals surface area contributed by atoms with Crippen molar-refractivity contribution in [3.8, 4) is 0 Å². The van der Waals surface area contributed by atoms with Crippen LogP contribution in [0.1, 0.15) is 19.8 Å². The molecule has 134 valence electrons. The van der Waals surface area contributed by atoms with Gasteiger partial charge in [0.05, 0.1) is 6.26 Å². The summed E-state index contributed by atoms with van der Waals surface area (Å²) in [5, 5.41) is 0. The summed E-state index contributed by atoms with van der Waals surface area (Å²) < 4.78 is 24.8. The lowest BCUT2D eigenvalue weighted by atomic mass is 10.2. The molecule has 1 heterocycles. The first kappa shape index (κ1) is 18.9. The highest BCUT2D eigenvalue weighted by atomic mass is 32.2. The van der Waals surface area contributed by atoms with E-state index in [4.69, 9.17) is 0 Å². The molecule has 1 aliphatic heterocycles. The van der Waals surface area contributed by atoms with Gasteiger partial charge in [-0.15, -0.1) is 0 Å². The van der Waals surface area contributed by atoms with E-state index in [9.17, 15) is 13.2 Å². The number of nitrogens with zero attached hydrogens (tertiary/aromatic N) is 3. The molecule has 2 rings (SSSR count). The lowest BCUT2D eigenvalue weighted by Gasteiger charge is -2.24. The molecule has 6 nitrogen and oxygen atoms in total. The molecule has 0 N–H and O–H groups in total. The molecule has 1 saturated heterocycles. The Morgan fingerprint density at radius 3 is 2.46 bits per heavy atom. The van der Waals surface area contributed by atoms with Gasteiger partial charge in [0.25, 0.3) is 0 Å². The Morgan fingerprint density at radius 1 is 1.12 bits per heavy atom. The Hall–Kier alpha value is -1.44. The van der Waals surface area contributed by atoms with Gasteiger partial charge in [-0.25, -0.2) is 12.7 Å². The van der Waals surface area contributed by atoms with Crippen LogP contribution >= 0.6 is 0 Å². The van der Waals surface area contributed by atoms with E-state index in [0.717, 1.165) is 18.7 Å². The Labute approximate surface area is 145 Å². The quantitative estimate of drug-likeness (QED) is 0.776. The van der Waals surface area contributed by atoms with Crippen LogP contribution in [0.4, 0.5) is 5.69 Å². The van der Waals surface area contributed by atoms with Gasteiger partial charge in [0.15, 0.2) is 0 Å². The predicted octanol–water partition coefficient (Wildman–Crippen LogP) is 1.40. The first-order chi connectivity index (χ1) is 11.4. The SMILES string of the molecule is CCN(C(=O)CCN1CCCN(S(C)(=O)=O)CC1)c1ccccc1. The molecule has 0 unspecified atom stereocenters. The minimum absolute atomic E-state index is 0.105. The number of amides is 1. The van der Waals surface area contributed by atoms with Crippen LogP contribution in [0.2, 0.25) is 0 Å². The second kappa shape index (κ2) is 8.60. The number of sulfonamides is 1. The number of rotatable bonds is 6. The summed E-state index contributed by atoms with van der Waals surface area (Å²) in [5.41, 5.74) is 0.920. The van der Waals surface area contributed by atoms with Gasteiger partial charge >= 0.3 is 0 Å². The third kappa shape index (κ3) is 5.29. The second-order valence-electron chi connectivity index (χ2n) is 6.08. The van der Waals surface area contributed by atoms with Gasteiger partial charge in [-0.1, -0.05) is 18.2 Å². The Balaban J connectivity index is 1.87. The summed E-state index contributed by atoms with van der Waals surface area (Å²) in [6.45, 7) is 5.86. The standard InChI is InChI=1S/C17H27N3O3S/c1-3-20(16-8-5-4-6-9-16)17(21)10-13-18-11-7-12-19(15-14-18)24(2,22)23/h4-6,8-9H,3,7,10-15H2,1-2H3. The molecule has 0 radical (unpaired) electrons. The van der Waals surface area contributed by atoms with Crippen molar-refractivity contribution in [2.45, 2.75) is 19.8 Å². The number of para-hydroxylation sites is 1. The maximum absolute atomic E-state index is 12.5. The van der Waals surface area contributed by atoms with Crippen molar-refractivity contribution in [2.75, 3.05) is 50.4 Å². The second-order valence-corrected chi connectivity index (χ2v) is 8.06. The maximum Gasteiger partial charge on any atom is 0.228 e. The molecule has 1 aliphatic rings. The van der Waals surface area contributed by atoms with E-state index in [1.54, 1.807) is 4.90 Å². The average Bonchev–Trinajstić information content (AvgIpc) is 2.80. The predicted molar refractivity (Wildman–Crippen MR) is 96.6 cm³/mol. The van der Waals surface area contributed by atoms with Crippen LogP contribution in [0.5, 0.6) is 0 Å². The van der Waals surface area contributed by atoms with E-state index < -0.39 is 10.0 Å². The first-order valence-corrected chi connectivity index (χ1v) is 10.3. The molecule has 0 spiro atoms. The topological polar surface area (TPSA) is 60.9 Å². The monoisotopic (exact) mass is 353 g/mol. The summed E-state index contributed by atoms with van der Waals surface area (Å²) in [5.74, 6) is 0.105. The zero-order chi connectivity index (χ0) is 17.6. The van der Waals surface area contributed by atoms with Crippen LogP contribution in [0, 0.1) is 0 Å². The fourth-order valence-electron chi connectivity index (χ4n) is 3.00. The van der Waals surface area contributed by atoms with Crippen molar-refractivity contribution >= 4 is 21.6 Å². The number of carbonyl (C=O) groups excluding carboxylic acids is 1. The average molecular weight is 353 g/mol. The summed E-state index contributed by atoms with van der Waals surface area (Å²) in [4.78, 5) is 16.5. The summed E-state index contributed by atoms with van der Waals surface area (Å²) >= 11 is 0. The molecular weight excluding hydrogens is 326 g/mol. The lowest BCUT2D eigenvalue weighted by molar-refractivity contribution is -0.118. The fraction of sp³-hybridized carbons (Fsp3) is 0.588. The molecule has 0 atom stereocenters. The van der Waals surface area contributed by atoms with Crippen molar-refractivity contribution in [1.29, 1.82) is 0 Å². The zero-order valence-corrected chi connectivity index (χ0v) is 15.3. The van der Waals surface area contributed by atoms with Gasteiger partial charge in [-0.2, -0.15) is 0 Å². The zero-order valence-electron chi connectivity index (χ0n) is 14.5. The molecule has 24 heavy (non-hydrogen) atoms. The van der Waals surface area contributed by atoms with Crippen molar-refractivity contribution < 1.29 is 13.2 Å². The number of carbonyl (C=O) groups is 1. The highest BCUT2D eigenvalue weighted by Crippen LogP contribution is 2.15. The van der Waals surface area contributed by atoms with Gasteiger partial charge in [0.2, 0.25) is 15.9 Å². The van der Waals surface area contributed by atoms with Gasteiger partial charge < -0.3 is 9.80 Å². The van der Waals surface area contributed by atoms with E-state index in [2.05, 4.69) is 4.90 Å². The van der Waals surface area contributed by atoms with Crippen LogP contribution in [0.15, 0.2) is 30.3 Å². The fourth-order valence-corrected chi connectivity index (χ4v) is 3.88. The summed E-state index contributed by atoms with van der Waals surface area (Å²) in [6.07, 6.45) is 2.50. The number of benzene rings is 1. The molecule has 1 fully saturated rings. The van der Waals surface area contributed by atoms with Crippen LogP contribution in [0.3, 0.4) is 0 Å². The third-order valence-corrected chi connectivity index (χ3v) is 5.65. The number of anilines is 1. The first-order valence-electron chi connectivity index (χ1n) is 8.44. The molecule has 1 amide bonds. The number of hydrogen-bond donors (Lipinski definition) is 0. The molecule has 0 aromatic heterocycles. The van der Waals surface area contributed by atoms with Crippen molar-refractivity contribution in [2.24, 2.45) is 0 Å². The minimum Gasteiger partial charge on any atom is -0.313 e. The van der Waals surface area contributed by atoms with E-state index in [-0.39, 0.29) is 5.91 Å². The van der Waals surface area contributed by atoms with Gasteiger partial charge in [-0.05, 0) is 32.0 Å². The largest absolute Gasteiger partial charge is 0.313 e. The molecule has 7 heteroatoms. The maximum atomic E-state index is 12.5. The minimum atomic E-state index is -3.13. The summed E-state index contributed by atoms with van der Waals surface area (Å²) in [7, 11) is -3.13. The molecule has 0 saturated carbocycles. The third-order valence-electron chi connectivity index (χ3n) is 4.34. The molecule has 0 aliphatic carbocycles. The van der Waals surface area contributed by atoms with Crippen molar-refractivity contribution in [1.82, 2.24) is 9.21 Å². The molecule has 1 aromatic carbocycles. The van der Waals surface area contributed by atoms with Crippen molar-refractivity contribution in [3.63, 3.8) is 0 Å². The van der Waals surface area contributed by atoms with E-state index in [0.29, 0.717) is 39.1 Å². The lowest BCUT2D eigenvalue weighted by Crippen LogP contribution is -2.37. The van der Waals surface area contributed by atoms with Gasteiger partial charge in [0, 0.05) is 44.8 Å². The Morgan fingerprint density at radius 2 is 1.83 bits per heavy atom. The molecule has 1 aromatic rings. The van der Waals surface area contributed by atoms with E-state index in [1.807, 2.05) is 37.3 Å². The van der Waals surface area contributed by atoms with E-state index >= 15 is 0 Å². The van der Waals surface area contributed by atoms with Crippen LogP contribution < -0.4 is 4.90 Å². The van der Waals surface area contributed by atoms with Crippen LogP contribution in [0.25, 0.3) is 0 Å². The normalized spacial score (nSPS) is 17.4. The Bertz CT molecular complexity index is 634. The molecular formula is C17H27N3O3S. The summed E-state index contributed by atoms with van der Waals surface area (Å²) in [6, 6.07) is 9.68. The molecule has 0 bridgehead atoms. The Kier molecular flexibility index (Phi) is 6.77. The highest BCUT2D eigenvalue weighted by molar-refractivity contribution is 7.88. The van der Waals surface area contributed by atoms with Crippen LogP contribution in [-0.4, -0.2) is 69.1 Å². The van der Waals surface area contributed by atoms with E-state index in [1.165, 1.54) is 10.6 Å².